The van der Waals surface area contributed by atoms with Gasteiger partial charge in [0.25, 0.3) is 5.52 Å². The third kappa shape index (κ3) is 15.9. The maximum absolute atomic E-state index is 4.85. The van der Waals surface area contributed by atoms with Crippen LogP contribution in [0.15, 0.2) is 298 Å². The molecule has 3 atom stereocenters. The number of hydrogen-bond donors (Lipinski definition) is 0. The minimum absolute atomic E-state index is 0.0478. The Morgan fingerprint density at radius 1 is 0.313 bits per heavy atom. The molecule has 19 aromatic rings. The minimum Gasteiger partial charge on any atom is -0.318 e. The lowest BCUT2D eigenvalue weighted by atomic mass is 9.91. The molecule has 0 fully saturated rings. The standard InChI is InChI=1S/C34H31N3.C28H35N3.C24H27N3.C17H16N3.C16H14N3/c1-23-22-24(2)35-25(3)33(23)36-26(4)37(32-21-12-11-20-31(32)36)34-29(27-14-7-5-8-15-27)18-13-19-30(34)28-16-9-6-10-17-28;1-17(2)23-12-11-13-24(18(3)4)28(23)31-22(8)30(25-14-9-10-15-26(25)31)27-19(5)16-20(6)29-21(27)7;1-15-10-9-11-16(2)23(15)26-20(6)27(22-13-8-7-12-21(22)26)24-17(3)14-18(4)25-19(24)5;1-11-8-9-18-16-14-7-5-4-6-13(14)15-10-12(2)19(3)20(15)17(11)16;1-11-7-9-17-15-13-6-4-3-5-12(13)14-8-10-18(2)19(14)16(11)15/h5-22,26H,1-4H3;9-18,22H,1-8H3;7-14,20H,1-6H3;4-10H,1-3H3;3-10H,1-2H3/q;;;2*+1/t26-;22-;20-;;/m001../s1. The third-order valence-corrected chi connectivity index (χ3v) is 27.3. The van der Waals surface area contributed by atoms with E-state index in [4.69, 9.17) is 15.0 Å². The van der Waals surface area contributed by atoms with Crippen molar-refractivity contribution >= 4 is 123 Å². The van der Waals surface area contributed by atoms with Crippen molar-refractivity contribution in [2.45, 2.75) is 176 Å². The highest BCUT2D eigenvalue weighted by atomic mass is 15.4. The zero-order valence-electron chi connectivity index (χ0n) is 81.9. The summed E-state index contributed by atoms with van der Waals surface area (Å²) in [6, 6.07) is 99.8. The number of pyridine rings is 7. The molecule has 134 heavy (non-hydrogen) atoms. The van der Waals surface area contributed by atoms with Crippen molar-refractivity contribution in [1.82, 2.24) is 34.1 Å². The fourth-order valence-electron chi connectivity index (χ4n) is 21.6. The Kier molecular flexibility index (Phi) is 24.6. The average Bonchev–Trinajstić information content (AvgIpc) is 1.46. The van der Waals surface area contributed by atoms with Crippen LogP contribution in [0.5, 0.6) is 0 Å². The summed E-state index contributed by atoms with van der Waals surface area (Å²) in [5.41, 5.74) is 46.1. The van der Waals surface area contributed by atoms with Gasteiger partial charge in [-0.2, -0.15) is 4.68 Å². The molecule has 15 nitrogen and oxygen atoms in total. The van der Waals surface area contributed by atoms with Gasteiger partial charge in [0, 0.05) is 80.1 Å². The summed E-state index contributed by atoms with van der Waals surface area (Å²) in [7, 11) is 4.16. The van der Waals surface area contributed by atoms with E-state index in [2.05, 4.69) is 503 Å². The number of aromatic nitrogens is 9. The van der Waals surface area contributed by atoms with Crippen LogP contribution in [0, 0.1) is 96.9 Å². The van der Waals surface area contributed by atoms with Gasteiger partial charge >= 0.3 is 0 Å². The Hall–Kier alpha value is -14.8. The first-order chi connectivity index (χ1) is 64.6. The Labute approximate surface area is 790 Å². The van der Waals surface area contributed by atoms with Crippen LogP contribution in [0.2, 0.25) is 0 Å². The second kappa shape index (κ2) is 36.7. The van der Waals surface area contributed by atoms with Gasteiger partial charge in [-0.1, -0.05) is 226 Å². The largest absolute Gasteiger partial charge is 0.318 e. The second-order valence-corrected chi connectivity index (χ2v) is 37.2. The molecule has 0 bridgehead atoms. The van der Waals surface area contributed by atoms with E-state index in [-0.39, 0.29) is 18.5 Å². The molecule has 0 spiro atoms. The molecule has 0 aliphatic carbocycles. The summed E-state index contributed by atoms with van der Waals surface area (Å²) >= 11 is 0. The van der Waals surface area contributed by atoms with Crippen LogP contribution in [0.4, 0.5) is 68.2 Å². The summed E-state index contributed by atoms with van der Waals surface area (Å²) < 4.78 is 8.81. The first kappa shape index (κ1) is 89.7. The van der Waals surface area contributed by atoms with Crippen LogP contribution in [0.1, 0.15) is 150 Å². The molecule has 9 aromatic heterocycles. The highest BCUT2D eigenvalue weighted by Gasteiger charge is 2.42. The van der Waals surface area contributed by atoms with Crippen LogP contribution >= 0.6 is 0 Å². The van der Waals surface area contributed by atoms with E-state index < -0.39 is 0 Å². The Balaban J connectivity index is 0.000000114. The molecule has 3 aliphatic heterocycles. The number of anilines is 12. The van der Waals surface area contributed by atoms with Crippen LogP contribution in [-0.4, -0.2) is 52.6 Å². The maximum atomic E-state index is 4.85. The predicted octanol–water partition coefficient (Wildman–Crippen LogP) is 29.0. The molecule has 0 N–H and O–H groups in total. The fourth-order valence-corrected chi connectivity index (χ4v) is 21.6. The summed E-state index contributed by atoms with van der Waals surface area (Å²) in [5.74, 6) is 0.901. The molecule has 0 amide bonds. The molecule has 12 heterocycles. The molecule has 672 valence electrons. The molecule has 0 unspecified atom stereocenters. The van der Waals surface area contributed by atoms with Crippen molar-refractivity contribution < 1.29 is 9.20 Å². The van der Waals surface area contributed by atoms with Crippen molar-refractivity contribution in [3.05, 3.63) is 388 Å². The predicted molar refractivity (Wildman–Crippen MR) is 561 cm³/mol. The summed E-state index contributed by atoms with van der Waals surface area (Å²) in [6.07, 6.45) is 6.24. The molecular formula is C119H123N15+2. The molecular weight excluding hydrogens is 1640 g/mol. The van der Waals surface area contributed by atoms with Gasteiger partial charge in [0.05, 0.1) is 97.8 Å². The van der Waals surface area contributed by atoms with E-state index in [9.17, 15) is 0 Å². The number of para-hydroxylation sites is 9. The smallest absolute Gasteiger partial charge is 0.265 e. The number of aryl methyl sites for hydroxylation is 16. The lowest BCUT2D eigenvalue weighted by Gasteiger charge is -2.35. The Morgan fingerprint density at radius 2 is 0.672 bits per heavy atom. The highest BCUT2D eigenvalue weighted by molar-refractivity contribution is 6.12. The first-order valence-electron chi connectivity index (χ1n) is 47.2. The number of rotatable bonds is 10. The molecule has 0 radical (unpaired) electrons. The van der Waals surface area contributed by atoms with Crippen LogP contribution in [0.25, 0.3) is 76.9 Å². The minimum atomic E-state index is 0.0478. The molecule has 10 aromatic carbocycles. The monoisotopic (exact) mass is 1760 g/mol. The number of nitrogens with zero attached hydrogens (tertiary/aromatic N) is 15. The topological polar surface area (TPSA) is 101 Å². The van der Waals surface area contributed by atoms with Crippen molar-refractivity contribution in [3.8, 4) is 22.3 Å². The molecule has 0 saturated heterocycles. The molecule has 3 aliphatic rings. The average molecular weight is 1760 g/mol. The van der Waals surface area contributed by atoms with Gasteiger partial charge < -0.3 is 29.4 Å². The Bertz CT molecular complexity index is 7540. The zero-order valence-corrected chi connectivity index (χ0v) is 81.9. The van der Waals surface area contributed by atoms with E-state index in [0.717, 1.165) is 45.2 Å². The van der Waals surface area contributed by atoms with Crippen LogP contribution < -0.4 is 38.6 Å². The van der Waals surface area contributed by atoms with E-state index in [0.29, 0.717) is 11.8 Å². The van der Waals surface area contributed by atoms with Crippen LogP contribution in [-0.2, 0) is 14.1 Å². The normalized spacial score (nSPS) is 14.4. The fraction of sp³-hybridized carbons (Fsp3) is 0.235. The Morgan fingerprint density at radius 3 is 1.10 bits per heavy atom. The lowest BCUT2D eigenvalue weighted by molar-refractivity contribution is -0.735. The first-order valence-corrected chi connectivity index (χ1v) is 47.2. The lowest BCUT2D eigenvalue weighted by Crippen LogP contribution is -2.37. The van der Waals surface area contributed by atoms with Crippen molar-refractivity contribution in [2.75, 3.05) is 29.4 Å². The SMILES string of the molecule is Cc1cc(C)c(N2c3ccccc3N(c3c(-c4ccccc4)cccc3-c3ccccc3)[C@H]2C)c(C)n1.Cc1cc(C)c(N2c3ccccc3N(c3c(C(C)C)cccc3C(C)C)[C@H]2C)c(C)n1.Cc1cc(C)c(N2c3ccccc3N(c3c(C)cccc3C)[C@H]2C)c(C)n1.Cc1ccnc2c3ccccc3c3cc(C)n(C)[n+]3c12.Cc1ccnc2c3ccccc3c3cc[n+](C)n3c12. The van der Waals surface area contributed by atoms with Gasteiger partial charge in [0.1, 0.15) is 40.6 Å². The van der Waals surface area contributed by atoms with Crippen LogP contribution in [0.3, 0.4) is 0 Å². The zero-order chi connectivity index (χ0) is 94.1. The summed E-state index contributed by atoms with van der Waals surface area (Å²) in [5, 5.41) is 4.93. The van der Waals surface area contributed by atoms with Gasteiger partial charge in [-0.3, -0.25) is 19.9 Å². The van der Waals surface area contributed by atoms with E-state index in [1.807, 2.05) is 12.4 Å². The molecule has 0 saturated carbocycles. The van der Waals surface area contributed by atoms with E-state index >= 15 is 0 Å². The third-order valence-electron chi connectivity index (χ3n) is 27.3. The van der Waals surface area contributed by atoms with E-state index in [1.54, 1.807) is 0 Å². The summed E-state index contributed by atoms with van der Waals surface area (Å²) in [4.78, 5) is 38.6. The van der Waals surface area contributed by atoms with Gasteiger partial charge in [-0.15, -0.1) is 9.20 Å². The van der Waals surface area contributed by atoms with Crippen molar-refractivity contribution in [1.29, 1.82) is 0 Å². The maximum Gasteiger partial charge on any atom is 0.265 e. The van der Waals surface area contributed by atoms with Gasteiger partial charge in [-0.25, -0.2) is 4.98 Å². The molecule has 22 rings (SSSR count). The van der Waals surface area contributed by atoms with Gasteiger partial charge in [-0.05, 0) is 258 Å². The number of fused-ring (bicyclic) bond motifs is 15. The highest BCUT2D eigenvalue weighted by Crippen LogP contribution is 2.56. The van der Waals surface area contributed by atoms with Gasteiger partial charge in [0.15, 0.2) is 13.2 Å². The second-order valence-electron chi connectivity index (χ2n) is 37.2. The van der Waals surface area contributed by atoms with Crippen molar-refractivity contribution in [3.63, 3.8) is 0 Å². The van der Waals surface area contributed by atoms with E-state index in [1.165, 1.54) is 190 Å². The quantitative estimate of drug-likeness (QED) is 0.0966. The van der Waals surface area contributed by atoms with Crippen molar-refractivity contribution in [2.24, 2.45) is 14.1 Å². The molecule has 15 heteroatoms. The van der Waals surface area contributed by atoms with Gasteiger partial charge in [0.2, 0.25) is 5.52 Å². The number of benzene rings is 10. The number of hydrogen-bond acceptors (Lipinski definition) is 11. The summed E-state index contributed by atoms with van der Waals surface area (Å²) in [6.45, 7) is 46.1.